The number of halogens is 1. The highest BCUT2D eigenvalue weighted by atomic mass is 35.5. The Kier molecular flexibility index (Phi) is 5.90. The van der Waals surface area contributed by atoms with Crippen LogP contribution in [0.1, 0.15) is 39.2 Å². The second-order valence-electron chi connectivity index (χ2n) is 5.83. The van der Waals surface area contributed by atoms with Gasteiger partial charge in [0.1, 0.15) is 0 Å². The zero-order valence-corrected chi connectivity index (χ0v) is 14.2. The van der Waals surface area contributed by atoms with Crippen molar-refractivity contribution in [1.29, 1.82) is 0 Å². The van der Waals surface area contributed by atoms with Gasteiger partial charge in [-0.2, -0.15) is 8.42 Å². The molecule has 7 heteroatoms. The summed E-state index contributed by atoms with van der Waals surface area (Å²) in [5, 5.41) is 4.10. The number of benzene rings is 1. The lowest BCUT2D eigenvalue weighted by Crippen LogP contribution is -2.35. The number of nitrogens with one attached hydrogen (secondary N) is 1. The number of nitrogen functional groups attached to an aromatic ring is 1. The normalized spacial score (nSPS) is 16.2. The molecule has 0 spiro atoms. The Morgan fingerprint density at radius 3 is 2.52 bits per heavy atom. The molecule has 1 heterocycles. The van der Waals surface area contributed by atoms with Crippen molar-refractivity contribution in [2.75, 3.05) is 16.8 Å². The van der Waals surface area contributed by atoms with Crippen LogP contribution in [0.15, 0.2) is 12.1 Å². The maximum absolute atomic E-state index is 9.79. The van der Waals surface area contributed by atoms with Crippen molar-refractivity contribution in [2.45, 2.75) is 45.6 Å². The van der Waals surface area contributed by atoms with E-state index in [-0.39, 0.29) is 11.3 Å². The molecule has 0 unspecified atom stereocenters. The molecule has 120 valence electrons. The molecule has 2 rings (SSSR count). The first-order valence-electron chi connectivity index (χ1n) is 6.85. The molecule has 1 aliphatic heterocycles. The van der Waals surface area contributed by atoms with E-state index in [0.29, 0.717) is 17.1 Å². The Balaban J connectivity index is 0.000000270. The van der Waals surface area contributed by atoms with E-state index in [1.807, 2.05) is 12.1 Å². The summed E-state index contributed by atoms with van der Waals surface area (Å²) in [6, 6.07) is 3.90. The fourth-order valence-corrected chi connectivity index (χ4v) is 2.77. The van der Waals surface area contributed by atoms with Gasteiger partial charge in [-0.3, -0.25) is 4.55 Å². The van der Waals surface area contributed by atoms with Gasteiger partial charge in [0.05, 0.1) is 16.5 Å². The van der Waals surface area contributed by atoms with Crippen LogP contribution in [-0.4, -0.2) is 24.3 Å². The molecule has 21 heavy (non-hydrogen) atoms. The number of aryl methyl sites for hydroxylation is 1. The van der Waals surface area contributed by atoms with E-state index in [9.17, 15) is 8.42 Å². The third-order valence-corrected chi connectivity index (χ3v) is 4.43. The van der Waals surface area contributed by atoms with E-state index in [0.717, 1.165) is 18.5 Å². The molecule has 0 saturated carbocycles. The highest BCUT2D eigenvalue weighted by Gasteiger charge is 2.24. The predicted octanol–water partition coefficient (Wildman–Crippen LogP) is 3.34. The largest absolute Gasteiger partial charge is 0.398 e. The molecular formula is C14H23ClN2O3S. The minimum absolute atomic E-state index is 0.132. The number of fused-ring (bicyclic) bond motifs is 1. The molecule has 0 amide bonds. The zero-order valence-electron chi connectivity index (χ0n) is 12.6. The molecule has 5 nitrogen and oxygen atoms in total. The summed E-state index contributed by atoms with van der Waals surface area (Å²) in [7, 11) is -3.67. The maximum Gasteiger partial charge on any atom is 0.264 e. The number of anilines is 2. The molecule has 0 fully saturated rings. The second kappa shape index (κ2) is 6.85. The average Bonchev–Trinajstić information content (AvgIpc) is 2.30. The van der Waals surface area contributed by atoms with Gasteiger partial charge in [0.2, 0.25) is 0 Å². The van der Waals surface area contributed by atoms with Crippen LogP contribution in [0.2, 0.25) is 5.02 Å². The first-order valence-corrected chi connectivity index (χ1v) is 8.84. The fraction of sp³-hybridized carbons (Fsp3) is 0.571. The zero-order chi connectivity index (χ0) is 16.3. The van der Waals surface area contributed by atoms with Crippen molar-refractivity contribution in [3.05, 3.63) is 22.7 Å². The predicted molar refractivity (Wildman–Crippen MR) is 88.6 cm³/mol. The number of hydrogen-bond donors (Lipinski definition) is 3. The molecule has 0 radical (unpaired) electrons. The van der Waals surface area contributed by atoms with Gasteiger partial charge in [-0.15, -0.1) is 0 Å². The van der Waals surface area contributed by atoms with Crippen molar-refractivity contribution < 1.29 is 13.0 Å². The molecule has 0 aromatic heterocycles. The van der Waals surface area contributed by atoms with E-state index < -0.39 is 10.1 Å². The summed E-state index contributed by atoms with van der Waals surface area (Å²) in [4.78, 5) is 0. The molecule has 0 aliphatic carbocycles. The van der Waals surface area contributed by atoms with Gasteiger partial charge in [-0.25, -0.2) is 0 Å². The minimum Gasteiger partial charge on any atom is -0.398 e. The Morgan fingerprint density at radius 1 is 1.43 bits per heavy atom. The first-order chi connectivity index (χ1) is 9.54. The van der Waals surface area contributed by atoms with Crippen LogP contribution < -0.4 is 11.1 Å². The Hall–Kier alpha value is -0.980. The van der Waals surface area contributed by atoms with Gasteiger partial charge in [-0.05, 0) is 50.8 Å². The lowest BCUT2D eigenvalue weighted by atomic mass is 9.89. The highest BCUT2D eigenvalue weighted by Crippen LogP contribution is 2.35. The van der Waals surface area contributed by atoms with Gasteiger partial charge >= 0.3 is 0 Å². The Labute approximate surface area is 131 Å². The van der Waals surface area contributed by atoms with Crippen LogP contribution in [0.4, 0.5) is 11.4 Å². The van der Waals surface area contributed by atoms with Gasteiger partial charge in [0.15, 0.2) is 0 Å². The minimum atomic E-state index is -3.67. The van der Waals surface area contributed by atoms with E-state index >= 15 is 0 Å². The Morgan fingerprint density at radius 2 is 2.05 bits per heavy atom. The average molecular weight is 335 g/mol. The van der Waals surface area contributed by atoms with Crippen molar-refractivity contribution in [3.8, 4) is 0 Å². The summed E-state index contributed by atoms with van der Waals surface area (Å²) >= 11 is 5.97. The maximum atomic E-state index is 9.79. The summed E-state index contributed by atoms with van der Waals surface area (Å²) < 4.78 is 27.6. The summed E-state index contributed by atoms with van der Waals surface area (Å²) in [6.07, 6.45) is 2.66. The fourth-order valence-electron chi connectivity index (χ4n) is 2.09. The van der Waals surface area contributed by atoms with Crippen molar-refractivity contribution in [1.82, 2.24) is 0 Å². The van der Waals surface area contributed by atoms with Crippen LogP contribution in [-0.2, 0) is 16.5 Å². The van der Waals surface area contributed by atoms with Crippen LogP contribution in [0.25, 0.3) is 0 Å². The molecule has 0 bridgehead atoms. The highest BCUT2D eigenvalue weighted by molar-refractivity contribution is 7.85. The topological polar surface area (TPSA) is 92.4 Å². The number of nitrogens with two attached hydrogens (primary N) is 1. The quantitative estimate of drug-likeness (QED) is 0.569. The van der Waals surface area contributed by atoms with E-state index in [2.05, 4.69) is 19.2 Å². The summed E-state index contributed by atoms with van der Waals surface area (Å²) in [5.41, 5.74) is 8.98. The van der Waals surface area contributed by atoms with Gasteiger partial charge in [0, 0.05) is 11.2 Å². The van der Waals surface area contributed by atoms with Crippen molar-refractivity contribution in [2.24, 2.45) is 0 Å². The summed E-state index contributed by atoms with van der Waals surface area (Å²) in [5.74, 6) is -0.132. The van der Waals surface area contributed by atoms with E-state index in [1.54, 1.807) is 6.92 Å². The van der Waals surface area contributed by atoms with Crippen molar-refractivity contribution in [3.63, 3.8) is 0 Å². The lowest BCUT2D eigenvalue weighted by Gasteiger charge is -2.34. The molecule has 0 atom stereocenters. The molecule has 1 aromatic rings. The van der Waals surface area contributed by atoms with Crippen LogP contribution in [0.3, 0.4) is 0 Å². The van der Waals surface area contributed by atoms with Gasteiger partial charge < -0.3 is 11.1 Å². The first kappa shape index (κ1) is 18.1. The summed E-state index contributed by atoms with van der Waals surface area (Å²) in [6.45, 7) is 6.08. The van der Waals surface area contributed by atoms with Crippen LogP contribution >= 0.6 is 11.6 Å². The number of hydrogen-bond acceptors (Lipinski definition) is 4. The smallest absolute Gasteiger partial charge is 0.264 e. The van der Waals surface area contributed by atoms with E-state index in [4.69, 9.17) is 21.9 Å². The monoisotopic (exact) mass is 334 g/mol. The SMILES string of the molecule is CC1(C)CCc2cc(N)c(Cl)cc2N1.CCCS(=O)(=O)O. The third kappa shape index (κ3) is 6.11. The number of rotatable bonds is 2. The second-order valence-corrected chi connectivity index (χ2v) is 7.81. The van der Waals surface area contributed by atoms with E-state index in [1.165, 1.54) is 5.56 Å². The van der Waals surface area contributed by atoms with Gasteiger partial charge in [-0.1, -0.05) is 18.5 Å². The van der Waals surface area contributed by atoms with Gasteiger partial charge in [0.25, 0.3) is 10.1 Å². The molecule has 4 N–H and O–H groups in total. The van der Waals surface area contributed by atoms with Crippen LogP contribution in [0, 0.1) is 0 Å². The van der Waals surface area contributed by atoms with Crippen molar-refractivity contribution >= 4 is 33.1 Å². The third-order valence-electron chi connectivity index (χ3n) is 3.18. The van der Waals surface area contributed by atoms with Crippen LogP contribution in [0.5, 0.6) is 0 Å². The molecular weight excluding hydrogens is 312 g/mol. The Bertz CT molecular complexity index is 600. The molecule has 1 aliphatic rings. The lowest BCUT2D eigenvalue weighted by molar-refractivity contribution is 0.482. The molecule has 0 saturated heterocycles. The molecule has 1 aromatic carbocycles. The standard InChI is InChI=1S/C11H15ClN2.C3H8O3S/c1-11(2)4-3-7-5-9(13)8(12)6-10(7)14-11;1-2-3-7(4,5)6/h5-6,14H,3-4,13H2,1-2H3;2-3H2,1H3,(H,4,5,6).